The Balaban J connectivity index is 1.78. The number of aliphatic imine (C=N–C) groups is 1. The number of hydrogen-bond acceptors (Lipinski definition) is 4. The second-order valence-corrected chi connectivity index (χ2v) is 10.1. The molecule has 1 saturated heterocycles. The molecule has 1 fully saturated rings. The molecule has 0 aliphatic carbocycles. The molecule has 7 heteroatoms. The Morgan fingerprint density at radius 2 is 1.35 bits per heavy atom. The Labute approximate surface area is 216 Å². The van der Waals surface area contributed by atoms with Crippen LogP contribution >= 0.6 is 0 Å². The third-order valence-corrected chi connectivity index (χ3v) is 7.15. The second-order valence-electron chi connectivity index (χ2n) is 10.1. The lowest BCUT2D eigenvalue weighted by Crippen LogP contribution is -2.41. The molecule has 0 amide bonds. The van der Waals surface area contributed by atoms with Crippen molar-refractivity contribution in [2.75, 3.05) is 7.11 Å². The normalized spacial score (nSPS) is 16.1. The lowest BCUT2D eigenvalue weighted by molar-refractivity contribution is 0.00578. The predicted molar refractivity (Wildman–Crippen MR) is 144 cm³/mol. The molecule has 4 nitrogen and oxygen atoms in total. The monoisotopic (exact) mass is 499 g/mol. The molecule has 0 aromatic heterocycles. The van der Waals surface area contributed by atoms with Crippen LogP contribution in [0.25, 0.3) is 10.8 Å². The third-order valence-electron chi connectivity index (χ3n) is 7.15. The minimum atomic E-state index is -1.06. The number of fused-ring (bicyclic) bond motifs is 1. The highest BCUT2D eigenvalue weighted by Crippen LogP contribution is 2.39. The summed E-state index contributed by atoms with van der Waals surface area (Å²) in [5, 5.41) is 0.821. The largest absolute Gasteiger partial charge is 0.495 e. The van der Waals surface area contributed by atoms with Crippen LogP contribution in [0.5, 0.6) is 5.75 Å². The van der Waals surface area contributed by atoms with Gasteiger partial charge in [0, 0.05) is 16.5 Å². The molecule has 1 aliphatic rings. The average molecular weight is 499 g/mol. The van der Waals surface area contributed by atoms with Crippen molar-refractivity contribution >= 4 is 34.8 Å². The molecule has 0 saturated carbocycles. The molecular weight excluding hydrogens is 471 g/mol. The fraction of sp³-hybridized carbons (Fsp3) is 0.233. The van der Waals surface area contributed by atoms with Crippen LogP contribution < -0.4 is 10.2 Å². The van der Waals surface area contributed by atoms with Crippen LogP contribution in [0.2, 0.25) is 0 Å². The van der Waals surface area contributed by atoms with Gasteiger partial charge in [0.1, 0.15) is 0 Å². The van der Waals surface area contributed by atoms with E-state index in [0.29, 0.717) is 21.9 Å². The molecule has 4 aromatic carbocycles. The van der Waals surface area contributed by atoms with Gasteiger partial charge in [-0.25, -0.2) is 9.38 Å². The van der Waals surface area contributed by atoms with Crippen LogP contribution in [0.4, 0.5) is 14.5 Å². The number of ether oxygens (including phenoxy) is 1. The first-order valence-electron chi connectivity index (χ1n) is 12.2. The molecule has 37 heavy (non-hydrogen) atoms. The number of halogens is 2. The van der Waals surface area contributed by atoms with Gasteiger partial charge in [0.2, 0.25) is 5.82 Å². The average Bonchev–Trinajstić information content (AvgIpc) is 3.10. The van der Waals surface area contributed by atoms with E-state index in [2.05, 4.69) is 0 Å². The molecule has 5 rings (SSSR count). The Hall–Kier alpha value is -3.55. The number of methoxy groups -OCH3 is 1. The molecule has 1 heterocycles. The first-order chi connectivity index (χ1) is 17.6. The van der Waals surface area contributed by atoms with Crippen molar-refractivity contribution in [3.05, 3.63) is 102 Å². The van der Waals surface area contributed by atoms with Crippen LogP contribution in [0.15, 0.2) is 83.9 Å². The quantitative estimate of drug-likeness (QED) is 0.230. The summed E-state index contributed by atoms with van der Waals surface area (Å²) in [5.74, 6) is -2.25. The Morgan fingerprint density at radius 3 is 1.86 bits per heavy atom. The molecule has 0 radical (unpaired) electrons. The molecule has 1 aliphatic heterocycles. The van der Waals surface area contributed by atoms with E-state index in [9.17, 15) is 8.78 Å². The highest BCUT2D eigenvalue weighted by Gasteiger charge is 2.52. The molecule has 4 aromatic rings. The van der Waals surface area contributed by atoms with Gasteiger partial charge in [0.25, 0.3) is 0 Å². The van der Waals surface area contributed by atoms with Gasteiger partial charge in [-0.3, -0.25) is 0 Å². The maximum atomic E-state index is 14.8. The van der Waals surface area contributed by atoms with E-state index in [4.69, 9.17) is 19.0 Å². The lowest BCUT2D eigenvalue weighted by atomic mass is 9.75. The third kappa shape index (κ3) is 4.54. The van der Waals surface area contributed by atoms with Crippen LogP contribution in [0, 0.1) is 11.6 Å². The minimum Gasteiger partial charge on any atom is -0.493 e. The van der Waals surface area contributed by atoms with Gasteiger partial charge in [-0.05, 0) is 56.7 Å². The number of benzene rings is 4. The zero-order valence-electron chi connectivity index (χ0n) is 21.5. The molecule has 0 spiro atoms. The summed E-state index contributed by atoms with van der Waals surface area (Å²) in [4.78, 5) is 5.01. The van der Waals surface area contributed by atoms with Crippen molar-refractivity contribution in [3.8, 4) is 5.75 Å². The first kappa shape index (κ1) is 25.1. The summed E-state index contributed by atoms with van der Waals surface area (Å²) in [6.07, 6.45) is 0. The molecule has 0 N–H and O–H groups in total. The zero-order valence-corrected chi connectivity index (χ0v) is 21.5. The van der Waals surface area contributed by atoms with Crippen LogP contribution in [-0.4, -0.2) is 31.1 Å². The maximum Gasteiger partial charge on any atom is 0.495 e. The van der Waals surface area contributed by atoms with Crippen molar-refractivity contribution in [2.45, 2.75) is 38.9 Å². The fourth-order valence-electron chi connectivity index (χ4n) is 4.49. The maximum absolute atomic E-state index is 14.8. The summed E-state index contributed by atoms with van der Waals surface area (Å²) in [5.41, 5.74) is 2.40. The molecule has 0 bridgehead atoms. The summed E-state index contributed by atoms with van der Waals surface area (Å²) >= 11 is 0. The van der Waals surface area contributed by atoms with Gasteiger partial charge in [-0.15, -0.1) is 0 Å². The van der Waals surface area contributed by atoms with Crippen LogP contribution in [0.1, 0.15) is 38.8 Å². The van der Waals surface area contributed by atoms with E-state index in [-0.39, 0.29) is 5.75 Å². The highest BCUT2D eigenvalue weighted by atomic mass is 19.2. The lowest BCUT2D eigenvalue weighted by Gasteiger charge is -2.32. The van der Waals surface area contributed by atoms with Gasteiger partial charge in [-0.2, -0.15) is 4.39 Å². The van der Waals surface area contributed by atoms with Gasteiger partial charge in [0.15, 0.2) is 11.6 Å². The first-order valence-corrected chi connectivity index (χ1v) is 12.2. The van der Waals surface area contributed by atoms with Crippen molar-refractivity contribution < 1.29 is 22.8 Å². The minimum absolute atomic E-state index is 0.193. The van der Waals surface area contributed by atoms with E-state index in [1.807, 2.05) is 88.4 Å². The van der Waals surface area contributed by atoms with Crippen LogP contribution in [0.3, 0.4) is 0 Å². The van der Waals surface area contributed by atoms with E-state index in [1.165, 1.54) is 7.11 Å². The zero-order chi connectivity index (χ0) is 26.4. The topological polar surface area (TPSA) is 40.0 Å². The molecule has 0 unspecified atom stereocenters. The van der Waals surface area contributed by atoms with E-state index in [1.54, 1.807) is 12.1 Å². The number of nitrogens with zero attached hydrogens (tertiary/aromatic N) is 1. The molecule has 0 atom stereocenters. The Morgan fingerprint density at radius 1 is 0.811 bits per heavy atom. The van der Waals surface area contributed by atoms with Crippen LogP contribution in [-0.2, 0) is 9.31 Å². The van der Waals surface area contributed by atoms with Crippen molar-refractivity contribution in [1.82, 2.24) is 0 Å². The smallest absolute Gasteiger partial charge is 0.493 e. The summed E-state index contributed by atoms with van der Waals surface area (Å²) in [6, 6.07) is 24.3. The number of rotatable bonds is 5. The Kier molecular flexibility index (Phi) is 6.38. The standard InChI is InChI=1S/C30H28BF2NO3/c1-29(2)30(3,4)37-31(36-29)23-18-22(16-21-17-24(32)26(33)28(35-5)25(21)23)34-27(19-12-8-6-9-13-19)20-14-10-7-11-15-20/h6-18H,1-5H3. The van der Waals surface area contributed by atoms with E-state index >= 15 is 0 Å². The molecular formula is C30H28BF2NO3. The Bertz CT molecular complexity index is 1430. The van der Waals surface area contributed by atoms with Crippen molar-refractivity contribution in [3.63, 3.8) is 0 Å². The van der Waals surface area contributed by atoms with E-state index < -0.39 is 30.0 Å². The van der Waals surface area contributed by atoms with Gasteiger partial charge in [0.05, 0.1) is 29.7 Å². The number of hydrogen-bond donors (Lipinski definition) is 0. The van der Waals surface area contributed by atoms with Crippen molar-refractivity contribution in [1.29, 1.82) is 0 Å². The summed E-state index contributed by atoms with van der Waals surface area (Å²) in [6.45, 7) is 7.77. The van der Waals surface area contributed by atoms with Gasteiger partial charge in [-0.1, -0.05) is 60.7 Å². The second kappa shape index (κ2) is 9.40. The molecule has 188 valence electrons. The van der Waals surface area contributed by atoms with Crippen molar-refractivity contribution in [2.24, 2.45) is 4.99 Å². The fourth-order valence-corrected chi connectivity index (χ4v) is 4.49. The van der Waals surface area contributed by atoms with Gasteiger partial charge >= 0.3 is 7.12 Å². The summed E-state index contributed by atoms with van der Waals surface area (Å²) < 4.78 is 47.4. The summed E-state index contributed by atoms with van der Waals surface area (Å²) in [7, 11) is 0.485. The van der Waals surface area contributed by atoms with E-state index in [0.717, 1.165) is 22.9 Å². The SMILES string of the molecule is COc1c(F)c(F)cc2cc(N=C(c3ccccc3)c3ccccc3)cc(B3OC(C)(C)C(C)(C)O3)c12. The highest BCUT2D eigenvalue weighted by molar-refractivity contribution is 6.65. The predicted octanol–water partition coefficient (Wildman–Crippen LogP) is 6.59. The van der Waals surface area contributed by atoms with Gasteiger partial charge < -0.3 is 14.0 Å².